The summed E-state index contributed by atoms with van der Waals surface area (Å²) >= 11 is 0. The van der Waals surface area contributed by atoms with E-state index in [1.54, 1.807) is 12.1 Å². The van der Waals surface area contributed by atoms with Crippen LogP contribution >= 0.6 is 0 Å². The Kier molecular flexibility index (Phi) is 3.22. The number of carbonyl (C=O) groups excluding carboxylic acids is 1. The van der Waals surface area contributed by atoms with Gasteiger partial charge >= 0.3 is 0 Å². The Hall–Kier alpha value is -1.86. The van der Waals surface area contributed by atoms with E-state index in [1.807, 2.05) is 6.07 Å². The summed E-state index contributed by atoms with van der Waals surface area (Å²) in [6.45, 7) is 4.25. The molecular weight excluding hydrogens is 238 g/mol. The quantitative estimate of drug-likeness (QED) is 0.754. The second kappa shape index (κ2) is 5.02. The summed E-state index contributed by atoms with van der Waals surface area (Å²) in [7, 11) is 0. The van der Waals surface area contributed by atoms with Crippen LogP contribution in [0.25, 0.3) is 0 Å². The first-order valence-corrected chi connectivity index (χ1v) is 6.80. The number of benzene rings is 1. The zero-order valence-electron chi connectivity index (χ0n) is 10.9. The van der Waals surface area contributed by atoms with Crippen LogP contribution in [0.1, 0.15) is 28.8 Å². The number of nitriles is 1. The molecule has 0 aliphatic carbocycles. The Bertz CT molecular complexity index is 535. The number of anilines is 1. The number of piperazine rings is 1. The fraction of sp³-hybridized carbons (Fsp3) is 0.467. The number of hydrogen-bond donors (Lipinski definition) is 0. The Balaban J connectivity index is 1.86. The van der Waals surface area contributed by atoms with Gasteiger partial charge in [0.1, 0.15) is 12.4 Å². The monoisotopic (exact) mass is 255 g/mol. The van der Waals surface area contributed by atoms with Crippen LogP contribution in [0.4, 0.5) is 5.69 Å². The maximum Gasteiger partial charge on any atom is 0.150 e. The van der Waals surface area contributed by atoms with E-state index < -0.39 is 0 Å². The van der Waals surface area contributed by atoms with Gasteiger partial charge in [-0.1, -0.05) is 0 Å². The van der Waals surface area contributed by atoms with Crippen LogP contribution in [0.2, 0.25) is 0 Å². The molecule has 2 fully saturated rings. The van der Waals surface area contributed by atoms with E-state index in [0.717, 1.165) is 31.6 Å². The molecule has 2 saturated heterocycles. The van der Waals surface area contributed by atoms with Crippen molar-refractivity contribution in [1.29, 1.82) is 5.26 Å². The maximum atomic E-state index is 10.8. The maximum absolute atomic E-state index is 10.8. The predicted octanol–water partition coefficient (Wildman–Crippen LogP) is 1.66. The second-order valence-corrected chi connectivity index (χ2v) is 5.28. The van der Waals surface area contributed by atoms with Gasteiger partial charge in [-0.3, -0.25) is 9.69 Å². The highest BCUT2D eigenvalue weighted by Crippen LogP contribution is 2.27. The molecule has 0 N–H and O–H groups in total. The Morgan fingerprint density at radius 1 is 1.32 bits per heavy atom. The van der Waals surface area contributed by atoms with E-state index in [9.17, 15) is 10.1 Å². The van der Waals surface area contributed by atoms with Crippen molar-refractivity contribution in [1.82, 2.24) is 4.90 Å². The van der Waals surface area contributed by atoms with Crippen molar-refractivity contribution in [3.8, 4) is 6.07 Å². The molecule has 4 heteroatoms. The van der Waals surface area contributed by atoms with E-state index in [2.05, 4.69) is 15.9 Å². The molecule has 98 valence electrons. The van der Waals surface area contributed by atoms with Gasteiger partial charge < -0.3 is 4.90 Å². The molecule has 1 unspecified atom stereocenters. The fourth-order valence-electron chi connectivity index (χ4n) is 3.20. The number of hydrogen-bond acceptors (Lipinski definition) is 4. The highest BCUT2D eigenvalue weighted by molar-refractivity contribution is 5.78. The third-order valence-electron chi connectivity index (χ3n) is 4.21. The van der Waals surface area contributed by atoms with Gasteiger partial charge in [-0.05, 0) is 37.6 Å². The molecule has 3 rings (SSSR count). The first kappa shape index (κ1) is 12.2. The van der Waals surface area contributed by atoms with Gasteiger partial charge in [0.2, 0.25) is 0 Å². The van der Waals surface area contributed by atoms with Crippen molar-refractivity contribution >= 4 is 12.0 Å². The summed E-state index contributed by atoms with van der Waals surface area (Å²) in [6, 6.07) is 8.23. The van der Waals surface area contributed by atoms with Gasteiger partial charge in [0.05, 0.1) is 11.3 Å². The van der Waals surface area contributed by atoms with Gasteiger partial charge in [0.15, 0.2) is 0 Å². The second-order valence-electron chi connectivity index (χ2n) is 5.28. The van der Waals surface area contributed by atoms with Crippen LogP contribution in [0.15, 0.2) is 18.2 Å². The number of carbonyl (C=O) groups is 1. The molecule has 0 radical (unpaired) electrons. The molecule has 4 nitrogen and oxygen atoms in total. The Labute approximate surface area is 113 Å². The van der Waals surface area contributed by atoms with Gasteiger partial charge in [0, 0.05) is 31.2 Å². The molecule has 0 bridgehead atoms. The minimum atomic E-state index is 0.569. The van der Waals surface area contributed by atoms with Crippen molar-refractivity contribution < 1.29 is 4.79 Å². The van der Waals surface area contributed by atoms with E-state index in [4.69, 9.17) is 0 Å². The lowest BCUT2D eigenvalue weighted by atomic mass is 10.1. The van der Waals surface area contributed by atoms with E-state index in [-0.39, 0.29) is 0 Å². The van der Waals surface area contributed by atoms with Crippen LogP contribution in [-0.4, -0.2) is 43.4 Å². The largest absolute Gasteiger partial charge is 0.368 e. The summed E-state index contributed by atoms with van der Waals surface area (Å²) < 4.78 is 0. The third kappa shape index (κ3) is 2.22. The number of aldehydes is 1. The minimum Gasteiger partial charge on any atom is -0.368 e. The van der Waals surface area contributed by atoms with Crippen LogP contribution in [0, 0.1) is 11.3 Å². The normalized spacial score (nSPS) is 22.9. The average molecular weight is 255 g/mol. The molecule has 2 aliphatic heterocycles. The summed E-state index contributed by atoms with van der Waals surface area (Å²) in [5.41, 5.74) is 2.15. The molecule has 2 aliphatic rings. The molecular formula is C15H17N3O. The highest BCUT2D eigenvalue weighted by atomic mass is 16.1. The van der Waals surface area contributed by atoms with Crippen molar-refractivity contribution in [3.63, 3.8) is 0 Å². The van der Waals surface area contributed by atoms with E-state index in [1.165, 1.54) is 19.4 Å². The van der Waals surface area contributed by atoms with Crippen molar-refractivity contribution in [2.24, 2.45) is 0 Å². The number of fused-ring (bicyclic) bond motifs is 1. The topological polar surface area (TPSA) is 47.3 Å². The first-order valence-electron chi connectivity index (χ1n) is 6.80. The lowest BCUT2D eigenvalue weighted by molar-refractivity contribution is 0.112. The molecule has 0 amide bonds. The molecule has 1 aromatic rings. The molecule has 0 spiro atoms. The highest BCUT2D eigenvalue weighted by Gasteiger charge is 2.31. The molecule has 0 aromatic heterocycles. The average Bonchev–Trinajstić information content (AvgIpc) is 2.93. The SMILES string of the molecule is N#Cc1cc(C=O)ccc1N1CCN2CCCC2C1. The summed E-state index contributed by atoms with van der Waals surface area (Å²) in [5, 5.41) is 9.25. The summed E-state index contributed by atoms with van der Waals surface area (Å²) in [5.74, 6) is 0. The van der Waals surface area contributed by atoms with Crippen LogP contribution in [0.5, 0.6) is 0 Å². The molecule has 2 heterocycles. The zero-order valence-corrected chi connectivity index (χ0v) is 10.9. The lowest BCUT2D eigenvalue weighted by Gasteiger charge is -2.39. The van der Waals surface area contributed by atoms with Crippen LogP contribution in [0.3, 0.4) is 0 Å². The van der Waals surface area contributed by atoms with Gasteiger partial charge in [-0.15, -0.1) is 0 Å². The van der Waals surface area contributed by atoms with Gasteiger partial charge in [0.25, 0.3) is 0 Å². The first-order chi connectivity index (χ1) is 9.31. The summed E-state index contributed by atoms with van der Waals surface area (Å²) in [4.78, 5) is 15.6. The zero-order chi connectivity index (χ0) is 13.2. The molecule has 1 aromatic carbocycles. The van der Waals surface area contributed by atoms with E-state index in [0.29, 0.717) is 17.2 Å². The lowest BCUT2D eigenvalue weighted by Crippen LogP contribution is -2.50. The molecule has 19 heavy (non-hydrogen) atoms. The van der Waals surface area contributed by atoms with Gasteiger partial charge in [-0.2, -0.15) is 5.26 Å². The standard InChI is InChI=1S/C15H17N3O/c16-9-13-8-12(11-19)3-4-15(13)18-7-6-17-5-1-2-14(17)10-18/h3-4,8,11,14H,1-2,5-7,10H2. The third-order valence-corrected chi connectivity index (χ3v) is 4.21. The van der Waals surface area contributed by atoms with E-state index >= 15 is 0 Å². The van der Waals surface area contributed by atoms with Crippen molar-refractivity contribution in [2.75, 3.05) is 31.1 Å². The summed E-state index contributed by atoms with van der Waals surface area (Å²) in [6.07, 6.45) is 3.33. The predicted molar refractivity (Wildman–Crippen MR) is 73.4 cm³/mol. The smallest absolute Gasteiger partial charge is 0.150 e. The molecule has 1 atom stereocenters. The fourth-order valence-corrected chi connectivity index (χ4v) is 3.20. The number of rotatable bonds is 2. The number of nitrogens with zero attached hydrogens (tertiary/aromatic N) is 3. The Morgan fingerprint density at radius 3 is 3.00 bits per heavy atom. The van der Waals surface area contributed by atoms with Crippen LogP contribution in [-0.2, 0) is 0 Å². The molecule has 0 saturated carbocycles. The minimum absolute atomic E-state index is 0.569. The van der Waals surface area contributed by atoms with Crippen molar-refractivity contribution in [3.05, 3.63) is 29.3 Å². The Morgan fingerprint density at radius 2 is 2.21 bits per heavy atom. The van der Waals surface area contributed by atoms with Crippen LogP contribution < -0.4 is 4.90 Å². The van der Waals surface area contributed by atoms with Gasteiger partial charge in [-0.25, -0.2) is 0 Å². The van der Waals surface area contributed by atoms with Crippen molar-refractivity contribution in [2.45, 2.75) is 18.9 Å².